The molecule has 0 saturated heterocycles. The van der Waals surface area contributed by atoms with Gasteiger partial charge in [-0.15, -0.1) is 0 Å². The minimum absolute atomic E-state index is 0.176. The van der Waals surface area contributed by atoms with Gasteiger partial charge in [-0.25, -0.2) is 0 Å². The van der Waals surface area contributed by atoms with E-state index in [1.165, 1.54) is 0 Å². The second-order valence-corrected chi connectivity index (χ2v) is 3.70. The molecular weight excluding hydrogens is 204 g/mol. The number of likely N-dealkylation sites (N-methyl/N-ethyl adjacent to an activating group) is 1. The molecule has 0 spiro atoms. The van der Waals surface area contributed by atoms with E-state index < -0.39 is 11.4 Å². The molecule has 0 fully saturated rings. The Labute approximate surface area is 95.5 Å². The lowest BCUT2D eigenvalue weighted by molar-refractivity contribution is -0.125. The Bertz CT molecular complexity index is 362. The summed E-state index contributed by atoms with van der Waals surface area (Å²) in [5, 5.41) is 12.4. The number of benzene rings is 1. The number of hydrogen-bond acceptors (Lipinski definition) is 3. The molecule has 4 nitrogen and oxygen atoms in total. The number of carbonyl (C=O) groups excluding carboxylic acids is 1. The van der Waals surface area contributed by atoms with Gasteiger partial charge in [0.1, 0.15) is 11.3 Å². The van der Waals surface area contributed by atoms with Crippen LogP contribution in [0.15, 0.2) is 24.3 Å². The van der Waals surface area contributed by atoms with Crippen molar-refractivity contribution in [3.05, 3.63) is 29.8 Å². The standard InChI is InChI=1S/C12H18N2O2/c1-3-12(11(13)16,14-4-2)9-5-7-10(15)8-6-9/h5-8,14-15H,3-4H2,1-2H3,(H2,13,16). The van der Waals surface area contributed by atoms with Crippen molar-refractivity contribution < 1.29 is 9.90 Å². The van der Waals surface area contributed by atoms with Crippen LogP contribution in [-0.2, 0) is 10.3 Å². The Morgan fingerprint density at radius 3 is 2.31 bits per heavy atom. The van der Waals surface area contributed by atoms with Crippen LogP contribution in [0.5, 0.6) is 5.75 Å². The Hall–Kier alpha value is -1.55. The van der Waals surface area contributed by atoms with Crippen molar-refractivity contribution in [2.24, 2.45) is 5.73 Å². The van der Waals surface area contributed by atoms with Gasteiger partial charge in [-0.05, 0) is 30.7 Å². The lowest BCUT2D eigenvalue weighted by Crippen LogP contribution is -2.52. The number of phenolic OH excluding ortho intramolecular Hbond substituents is 1. The molecule has 1 unspecified atom stereocenters. The van der Waals surface area contributed by atoms with Crippen LogP contribution in [0, 0.1) is 0 Å². The van der Waals surface area contributed by atoms with E-state index in [4.69, 9.17) is 5.73 Å². The van der Waals surface area contributed by atoms with Crippen LogP contribution in [-0.4, -0.2) is 17.6 Å². The maximum absolute atomic E-state index is 11.6. The summed E-state index contributed by atoms with van der Waals surface area (Å²) in [4.78, 5) is 11.6. The van der Waals surface area contributed by atoms with Gasteiger partial charge in [0.05, 0.1) is 0 Å². The van der Waals surface area contributed by atoms with Crippen molar-refractivity contribution in [2.75, 3.05) is 6.54 Å². The van der Waals surface area contributed by atoms with Crippen LogP contribution < -0.4 is 11.1 Å². The molecule has 0 aromatic heterocycles. The maximum atomic E-state index is 11.6. The van der Waals surface area contributed by atoms with E-state index >= 15 is 0 Å². The minimum Gasteiger partial charge on any atom is -0.508 e. The van der Waals surface area contributed by atoms with Crippen molar-refractivity contribution in [3.8, 4) is 5.75 Å². The van der Waals surface area contributed by atoms with E-state index in [2.05, 4.69) is 5.32 Å². The molecule has 1 aromatic rings. The first kappa shape index (κ1) is 12.5. The van der Waals surface area contributed by atoms with E-state index in [1.807, 2.05) is 13.8 Å². The molecule has 4 N–H and O–H groups in total. The van der Waals surface area contributed by atoms with Crippen LogP contribution in [0.1, 0.15) is 25.8 Å². The first-order valence-electron chi connectivity index (χ1n) is 5.41. The van der Waals surface area contributed by atoms with Crippen LogP contribution in [0.4, 0.5) is 0 Å². The molecule has 1 amide bonds. The molecule has 0 aliphatic rings. The molecular formula is C12H18N2O2. The summed E-state index contributed by atoms with van der Waals surface area (Å²) >= 11 is 0. The first-order valence-corrected chi connectivity index (χ1v) is 5.41. The lowest BCUT2D eigenvalue weighted by atomic mass is 9.86. The number of nitrogens with one attached hydrogen (secondary N) is 1. The van der Waals surface area contributed by atoms with Gasteiger partial charge < -0.3 is 10.8 Å². The predicted octanol–water partition coefficient (Wildman–Crippen LogP) is 1.09. The van der Waals surface area contributed by atoms with Gasteiger partial charge in [0.15, 0.2) is 0 Å². The number of hydrogen-bond donors (Lipinski definition) is 3. The first-order chi connectivity index (χ1) is 7.56. The van der Waals surface area contributed by atoms with Crippen molar-refractivity contribution >= 4 is 5.91 Å². The number of primary amides is 1. The van der Waals surface area contributed by atoms with E-state index in [0.29, 0.717) is 13.0 Å². The summed E-state index contributed by atoms with van der Waals surface area (Å²) in [6, 6.07) is 6.54. The van der Waals surface area contributed by atoms with Gasteiger partial charge in [-0.3, -0.25) is 10.1 Å². The molecule has 0 aliphatic heterocycles. The van der Waals surface area contributed by atoms with E-state index in [9.17, 15) is 9.90 Å². The molecule has 4 heteroatoms. The van der Waals surface area contributed by atoms with Crippen LogP contribution in [0.3, 0.4) is 0 Å². The van der Waals surface area contributed by atoms with Crippen molar-refractivity contribution in [2.45, 2.75) is 25.8 Å². The molecule has 1 rings (SSSR count). The van der Waals surface area contributed by atoms with Crippen molar-refractivity contribution in [1.29, 1.82) is 0 Å². The van der Waals surface area contributed by atoms with Gasteiger partial charge in [0, 0.05) is 0 Å². The Morgan fingerprint density at radius 2 is 1.94 bits per heavy atom. The molecule has 0 aliphatic carbocycles. The summed E-state index contributed by atoms with van der Waals surface area (Å²) in [7, 11) is 0. The van der Waals surface area contributed by atoms with Gasteiger partial charge in [-0.2, -0.15) is 0 Å². The highest BCUT2D eigenvalue weighted by atomic mass is 16.3. The van der Waals surface area contributed by atoms with Gasteiger partial charge in [0.2, 0.25) is 5.91 Å². The second kappa shape index (κ2) is 4.99. The summed E-state index contributed by atoms with van der Waals surface area (Å²) in [5.74, 6) is -0.225. The highest BCUT2D eigenvalue weighted by molar-refractivity contribution is 5.86. The number of amides is 1. The fourth-order valence-electron chi connectivity index (χ4n) is 1.88. The Kier molecular flexibility index (Phi) is 3.90. The summed E-state index contributed by atoms with van der Waals surface area (Å²) < 4.78 is 0. The van der Waals surface area contributed by atoms with Crippen molar-refractivity contribution in [3.63, 3.8) is 0 Å². The minimum atomic E-state index is -0.845. The topological polar surface area (TPSA) is 75.3 Å². The number of carbonyl (C=O) groups is 1. The average Bonchev–Trinajstić information content (AvgIpc) is 2.27. The van der Waals surface area contributed by atoms with E-state index in [-0.39, 0.29) is 5.75 Å². The highest BCUT2D eigenvalue weighted by Crippen LogP contribution is 2.26. The summed E-state index contributed by atoms with van der Waals surface area (Å²) in [5.41, 5.74) is 5.41. The van der Waals surface area contributed by atoms with Gasteiger partial charge in [-0.1, -0.05) is 26.0 Å². The highest BCUT2D eigenvalue weighted by Gasteiger charge is 2.35. The molecule has 0 saturated carbocycles. The number of nitrogens with two attached hydrogens (primary N) is 1. The third kappa shape index (κ3) is 2.17. The van der Waals surface area contributed by atoms with Crippen LogP contribution >= 0.6 is 0 Å². The zero-order valence-corrected chi connectivity index (χ0v) is 9.66. The molecule has 0 bridgehead atoms. The van der Waals surface area contributed by atoms with Crippen LogP contribution in [0.2, 0.25) is 0 Å². The zero-order chi connectivity index (χ0) is 12.2. The smallest absolute Gasteiger partial charge is 0.242 e. The molecule has 0 heterocycles. The Balaban J connectivity index is 3.18. The quantitative estimate of drug-likeness (QED) is 0.698. The van der Waals surface area contributed by atoms with Gasteiger partial charge >= 0.3 is 0 Å². The maximum Gasteiger partial charge on any atom is 0.242 e. The molecule has 1 aromatic carbocycles. The number of aromatic hydroxyl groups is 1. The molecule has 88 valence electrons. The third-order valence-corrected chi connectivity index (χ3v) is 2.79. The number of rotatable bonds is 5. The Morgan fingerprint density at radius 1 is 1.38 bits per heavy atom. The van der Waals surface area contributed by atoms with E-state index in [1.54, 1.807) is 24.3 Å². The normalized spacial score (nSPS) is 14.4. The summed E-state index contributed by atoms with van der Waals surface area (Å²) in [6.07, 6.45) is 0.570. The largest absolute Gasteiger partial charge is 0.508 e. The predicted molar refractivity (Wildman–Crippen MR) is 62.9 cm³/mol. The van der Waals surface area contributed by atoms with Gasteiger partial charge in [0.25, 0.3) is 0 Å². The summed E-state index contributed by atoms with van der Waals surface area (Å²) in [6.45, 7) is 4.48. The fraction of sp³-hybridized carbons (Fsp3) is 0.417. The molecule has 1 atom stereocenters. The lowest BCUT2D eigenvalue weighted by Gasteiger charge is -2.30. The second-order valence-electron chi connectivity index (χ2n) is 3.70. The third-order valence-electron chi connectivity index (χ3n) is 2.79. The zero-order valence-electron chi connectivity index (χ0n) is 9.66. The number of phenols is 1. The van der Waals surface area contributed by atoms with E-state index in [0.717, 1.165) is 5.56 Å². The molecule has 16 heavy (non-hydrogen) atoms. The molecule has 0 radical (unpaired) electrons. The van der Waals surface area contributed by atoms with Crippen molar-refractivity contribution in [1.82, 2.24) is 5.32 Å². The SMILES string of the molecule is CCNC(CC)(C(N)=O)c1ccc(O)cc1. The fourth-order valence-corrected chi connectivity index (χ4v) is 1.88. The monoisotopic (exact) mass is 222 g/mol. The average molecular weight is 222 g/mol. The van der Waals surface area contributed by atoms with Crippen LogP contribution in [0.25, 0.3) is 0 Å².